The van der Waals surface area contributed by atoms with Gasteiger partial charge >= 0.3 is 12.1 Å². The van der Waals surface area contributed by atoms with E-state index in [1.54, 1.807) is 4.90 Å². The van der Waals surface area contributed by atoms with Gasteiger partial charge in [0.1, 0.15) is 10.6 Å². The van der Waals surface area contributed by atoms with Crippen molar-refractivity contribution in [2.45, 2.75) is 49.8 Å². The maximum Gasteiger partial charge on any atom is 0.433 e. The minimum absolute atomic E-state index is 0.0517. The van der Waals surface area contributed by atoms with Crippen molar-refractivity contribution in [3.8, 4) is 0 Å². The Kier molecular flexibility index (Phi) is 9.48. The second-order valence-corrected chi connectivity index (χ2v) is 11.7. The van der Waals surface area contributed by atoms with Crippen LogP contribution in [0.15, 0.2) is 54.4 Å². The number of nitrogens with zero attached hydrogens (tertiary/aromatic N) is 5. The Morgan fingerprint density at radius 2 is 1.86 bits per heavy atom. The molecule has 1 aliphatic carbocycles. The second-order valence-electron chi connectivity index (χ2n) is 11.0. The quantitative estimate of drug-likeness (QED) is 0.157. The molecule has 0 N–H and O–H groups in total. The monoisotopic (exact) mass is 627 g/mol. The topological polar surface area (TPSA) is 53.8 Å². The summed E-state index contributed by atoms with van der Waals surface area (Å²) in [6.07, 6.45) is -0.928. The fraction of sp³-hybridized carbons (Fsp3) is 0.533. The molecule has 0 saturated carbocycles. The van der Waals surface area contributed by atoms with E-state index < -0.39 is 40.9 Å². The minimum Gasteiger partial charge on any atom is -0.462 e. The van der Waals surface area contributed by atoms with Crippen LogP contribution in [0.25, 0.3) is 5.57 Å². The molecule has 234 valence electrons. The molecule has 2 aliphatic heterocycles. The number of rotatable bonds is 8. The summed E-state index contributed by atoms with van der Waals surface area (Å²) >= 11 is 7.27. The van der Waals surface area contributed by atoms with Gasteiger partial charge in [0.2, 0.25) is 0 Å². The molecular weight excluding hydrogens is 593 g/mol. The van der Waals surface area contributed by atoms with Crippen LogP contribution in [0.4, 0.5) is 22.0 Å². The lowest BCUT2D eigenvalue weighted by molar-refractivity contribution is -0.145. The number of piperidine rings is 1. The molecule has 2 atom stereocenters. The molecule has 2 aromatic rings. The molecule has 13 heteroatoms. The van der Waals surface area contributed by atoms with Crippen LogP contribution in [0, 0.1) is 0 Å². The first-order valence-corrected chi connectivity index (χ1v) is 14.9. The lowest BCUT2D eigenvalue weighted by atomic mass is 9.90. The van der Waals surface area contributed by atoms with Crippen molar-refractivity contribution in [2.75, 3.05) is 52.4 Å². The SMILES string of the molecule is CCOC(=O)c1cnn(C2CCCN(C3=C(c4ccccc4)C=CC(Cl)(N4CCN(CC(F)F)CC4)C3)C2)c1C(F)(F)F. The number of alkyl halides is 6. The molecule has 3 heterocycles. The number of hydrogen-bond acceptors (Lipinski definition) is 6. The van der Waals surface area contributed by atoms with Gasteiger partial charge in [-0.25, -0.2) is 13.6 Å². The molecule has 2 fully saturated rings. The summed E-state index contributed by atoms with van der Waals surface area (Å²) < 4.78 is 74.5. The van der Waals surface area contributed by atoms with E-state index in [0.717, 1.165) is 27.7 Å². The number of esters is 1. The Labute approximate surface area is 252 Å². The number of hydrogen-bond donors (Lipinski definition) is 0. The number of aromatic nitrogens is 2. The van der Waals surface area contributed by atoms with E-state index in [1.807, 2.05) is 42.5 Å². The molecule has 2 saturated heterocycles. The standard InChI is InChI=1S/C30H35ClF5N5O2/c1-2-43-28(42)24-18-37-41(27(24)30(34,35)36)22-9-6-12-39(19-22)25-17-29(31,11-10-23(25)21-7-4-3-5-8-21)40-15-13-38(14-16-40)20-26(32)33/h3-5,7-8,10-11,18,22,26H,2,6,9,12-17,19-20H2,1H3. The van der Waals surface area contributed by atoms with Gasteiger partial charge in [0.25, 0.3) is 6.43 Å². The van der Waals surface area contributed by atoms with Crippen LogP contribution < -0.4 is 0 Å². The highest BCUT2D eigenvalue weighted by Crippen LogP contribution is 2.43. The largest absolute Gasteiger partial charge is 0.462 e. The maximum atomic E-state index is 14.3. The van der Waals surface area contributed by atoms with Crippen molar-refractivity contribution < 1.29 is 31.5 Å². The van der Waals surface area contributed by atoms with Crippen molar-refractivity contribution in [2.24, 2.45) is 0 Å². The van der Waals surface area contributed by atoms with Crippen LogP contribution in [-0.4, -0.2) is 94.3 Å². The number of likely N-dealkylation sites (tertiary alicyclic amines) is 1. The number of ether oxygens (including phenoxy) is 1. The third-order valence-electron chi connectivity index (χ3n) is 8.29. The van der Waals surface area contributed by atoms with Gasteiger partial charge in [-0.05, 0) is 31.4 Å². The average Bonchev–Trinajstić information content (AvgIpc) is 3.45. The van der Waals surface area contributed by atoms with E-state index in [0.29, 0.717) is 52.0 Å². The van der Waals surface area contributed by atoms with Gasteiger partial charge in [-0.3, -0.25) is 14.5 Å². The predicted molar refractivity (Wildman–Crippen MR) is 153 cm³/mol. The van der Waals surface area contributed by atoms with Crippen LogP contribution in [0.5, 0.6) is 0 Å². The molecular formula is C30H35ClF5N5O2. The summed E-state index contributed by atoms with van der Waals surface area (Å²) in [7, 11) is 0. The van der Waals surface area contributed by atoms with E-state index in [2.05, 4.69) is 14.9 Å². The van der Waals surface area contributed by atoms with Crippen LogP contribution in [0.2, 0.25) is 0 Å². The fourth-order valence-corrected chi connectivity index (χ4v) is 6.61. The van der Waals surface area contributed by atoms with Crippen LogP contribution in [0.1, 0.15) is 53.8 Å². The van der Waals surface area contributed by atoms with Crippen LogP contribution in [-0.2, 0) is 10.9 Å². The Morgan fingerprint density at radius 3 is 2.51 bits per heavy atom. The zero-order chi connectivity index (χ0) is 30.8. The molecule has 0 amide bonds. The fourth-order valence-electron chi connectivity index (χ4n) is 6.25. The minimum atomic E-state index is -4.80. The first-order valence-electron chi connectivity index (χ1n) is 14.5. The summed E-state index contributed by atoms with van der Waals surface area (Å²) in [5.41, 5.74) is 1.08. The van der Waals surface area contributed by atoms with Gasteiger partial charge in [0.05, 0.1) is 25.4 Å². The van der Waals surface area contributed by atoms with Gasteiger partial charge in [0.15, 0.2) is 5.69 Å². The Morgan fingerprint density at radius 1 is 1.14 bits per heavy atom. The van der Waals surface area contributed by atoms with E-state index in [4.69, 9.17) is 16.3 Å². The molecule has 2 unspecified atom stereocenters. The Balaban J connectivity index is 1.44. The van der Waals surface area contributed by atoms with Gasteiger partial charge in [0, 0.05) is 57.0 Å². The zero-order valence-corrected chi connectivity index (χ0v) is 24.6. The zero-order valence-electron chi connectivity index (χ0n) is 23.9. The van der Waals surface area contributed by atoms with Crippen molar-refractivity contribution in [3.63, 3.8) is 0 Å². The molecule has 0 radical (unpaired) electrons. The van der Waals surface area contributed by atoms with E-state index in [1.165, 1.54) is 6.92 Å². The van der Waals surface area contributed by atoms with E-state index >= 15 is 0 Å². The number of piperazine rings is 1. The van der Waals surface area contributed by atoms with Gasteiger partial charge in [-0.15, -0.1) is 0 Å². The highest BCUT2D eigenvalue weighted by molar-refractivity contribution is 6.25. The molecule has 1 aromatic heterocycles. The van der Waals surface area contributed by atoms with Gasteiger partial charge in [-0.1, -0.05) is 48.0 Å². The Bertz CT molecular complexity index is 1340. The normalized spacial score (nSPS) is 24.2. The third-order valence-corrected chi connectivity index (χ3v) is 8.79. The Hall–Kier alpha value is -2.96. The lowest BCUT2D eigenvalue weighted by Crippen LogP contribution is -2.55. The molecule has 5 rings (SSSR count). The van der Waals surface area contributed by atoms with Gasteiger partial charge < -0.3 is 9.64 Å². The molecule has 7 nitrogen and oxygen atoms in total. The maximum absolute atomic E-state index is 14.3. The molecule has 1 aromatic carbocycles. The summed E-state index contributed by atoms with van der Waals surface area (Å²) in [6.45, 7) is 4.00. The number of benzene rings is 1. The number of halogens is 6. The van der Waals surface area contributed by atoms with Crippen molar-refractivity contribution in [3.05, 3.63) is 71.2 Å². The first-order chi connectivity index (χ1) is 20.5. The number of carbonyl (C=O) groups excluding carboxylic acids is 1. The average molecular weight is 628 g/mol. The predicted octanol–water partition coefficient (Wildman–Crippen LogP) is 5.90. The smallest absolute Gasteiger partial charge is 0.433 e. The molecule has 0 spiro atoms. The van der Waals surface area contributed by atoms with E-state index in [9.17, 15) is 26.7 Å². The lowest BCUT2D eigenvalue weighted by Gasteiger charge is -2.47. The highest BCUT2D eigenvalue weighted by Gasteiger charge is 2.44. The summed E-state index contributed by atoms with van der Waals surface area (Å²) in [4.78, 5) is 17.3. The van der Waals surface area contributed by atoms with Crippen LogP contribution in [0.3, 0.4) is 0 Å². The van der Waals surface area contributed by atoms with Crippen molar-refractivity contribution in [1.29, 1.82) is 0 Å². The highest BCUT2D eigenvalue weighted by atomic mass is 35.5. The number of allylic oxidation sites excluding steroid dienone is 2. The number of carbonyl (C=O) groups is 1. The van der Waals surface area contributed by atoms with Crippen molar-refractivity contribution >= 4 is 23.1 Å². The first kappa shape index (κ1) is 31.5. The molecule has 43 heavy (non-hydrogen) atoms. The van der Waals surface area contributed by atoms with Gasteiger partial charge in [-0.2, -0.15) is 18.3 Å². The van der Waals surface area contributed by atoms with E-state index in [-0.39, 0.29) is 19.7 Å². The van der Waals surface area contributed by atoms with Crippen molar-refractivity contribution in [1.82, 2.24) is 24.5 Å². The summed E-state index contributed by atoms with van der Waals surface area (Å²) in [6, 6.07) is 9.07. The third kappa shape index (κ3) is 6.91. The summed E-state index contributed by atoms with van der Waals surface area (Å²) in [5.74, 6) is -1.05. The molecule has 3 aliphatic rings. The molecule has 0 bridgehead atoms. The summed E-state index contributed by atoms with van der Waals surface area (Å²) in [5, 5.41) is 4.04. The second kappa shape index (κ2) is 13.0. The van der Waals surface area contributed by atoms with Crippen LogP contribution >= 0.6 is 11.6 Å².